The summed E-state index contributed by atoms with van der Waals surface area (Å²) < 4.78 is 42.4. The standard InChI is InChI=1S/C22H22FN5O5S/c23-17-9-11-27(12-10-17)21(29)15-3-7-20(8-4-15)34(32,33)24-13-18-14-28(26-25-18)19-5-1-16(2-6-19)22(30)31/h1-8,14,17,24H,9-13H2,(H,30,31). The molecule has 2 N–H and O–H groups in total. The summed E-state index contributed by atoms with van der Waals surface area (Å²) in [4.78, 5) is 25.0. The summed E-state index contributed by atoms with van der Waals surface area (Å²) in [6, 6.07) is 11.6. The smallest absolute Gasteiger partial charge is 0.335 e. The van der Waals surface area contributed by atoms with Crippen molar-refractivity contribution in [2.24, 2.45) is 0 Å². The highest BCUT2D eigenvalue weighted by atomic mass is 32.2. The zero-order chi connectivity index (χ0) is 24.3. The minimum Gasteiger partial charge on any atom is -0.478 e. The molecule has 10 nitrogen and oxygen atoms in total. The van der Waals surface area contributed by atoms with Gasteiger partial charge >= 0.3 is 5.97 Å². The lowest BCUT2D eigenvalue weighted by Gasteiger charge is -2.28. The molecule has 0 unspecified atom stereocenters. The number of carboxylic acid groups (broad SMARTS) is 1. The number of piperidine rings is 1. The summed E-state index contributed by atoms with van der Waals surface area (Å²) in [7, 11) is -3.87. The van der Waals surface area contributed by atoms with Gasteiger partial charge in [0.05, 0.1) is 34.6 Å². The highest BCUT2D eigenvalue weighted by Gasteiger charge is 2.24. The minimum atomic E-state index is -3.87. The number of carboxylic acids is 1. The van der Waals surface area contributed by atoms with Gasteiger partial charge in [0.15, 0.2) is 0 Å². The SMILES string of the molecule is O=C(O)c1ccc(-n2cc(CNS(=O)(=O)c3ccc(C(=O)N4CCC(F)CC4)cc3)nn2)cc1. The van der Waals surface area contributed by atoms with Gasteiger partial charge in [-0.25, -0.2) is 27.0 Å². The van der Waals surface area contributed by atoms with Gasteiger partial charge in [-0.05, 0) is 61.4 Å². The zero-order valence-electron chi connectivity index (χ0n) is 18.0. The lowest BCUT2D eigenvalue weighted by atomic mass is 10.1. The number of carbonyl (C=O) groups excluding carboxylic acids is 1. The van der Waals surface area contributed by atoms with E-state index in [-0.39, 0.29) is 22.9 Å². The number of aromatic nitrogens is 3. The number of aromatic carboxylic acids is 1. The largest absolute Gasteiger partial charge is 0.478 e. The van der Waals surface area contributed by atoms with Crippen molar-refractivity contribution in [1.82, 2.24) is 24.6 Å². The maximum absolute atomic E-state index is 13.3. The van der Waals surface area contributed by atoms with Crippen molar-refractivity contribution in [2.75, 3.05) is 13.1 Å². The Morgan fingerprint density at radius 3 is 2.26 bits per heavy atom. The molecule has 0 spiro atoms. The first-order valence-corrected chi connectivity index (χ1v) is 12.0. The molecule has 1 fully saturated rings. The normalized spacial score (nSPS) is 14.8. The van der Waals surface area contributed by atoms with Crippen LogP contribution in [0, 0.1) is 0 Å². The Bertz CT molecular complexity index is 1280. The van der Waals surface area contributed by atoms with E-state index in [9.17, 15) is 22.4 Å². The maximum atomic E-state index is 13.3. The van der Waals surface area contributed by atoms with Crippen LogP contribution < -0.4 is 4.72 Å². The van der Waals surface area contributed by atoms with Crippen molar-refractivity contribution >= 4 is 21.9 Å². The Morgan fingerprint density at radius 1 is 1.03 bits per heavy atom. The molecule has 1 saturated heterocycles. The van der Waals surface area contributed by atoms with Gasteiger partial charge in [0.2, 0.25) is 10.0 Å². The number of nitrogens with zero attached hydrogens (tertiary/aromatic N) is 4. The maximum Gasteiger partial charge on any atom is 0.335 e. The van der Waals surface area contributed by atoms with Gasteiger partial charge < -0.3 is 10.0 Å². The molecule has 0 radical (unpaired) electrons. The molecule has 1 aliphatic heterocycles. The van der Waals surface area contributed by atoms with Crippen molar-refractivity contribution in [3.63, 3.8) is 0 Å². The molecular formula is C22H22FN5O5S. The van der Waals surface area contributed by atoms with Crippen molar-refractivity contribution in [3.05, 3.63) is 71.5 Å². The van der Waals surface area contributed by atoms with Crippen molar-refractivity contribution in [2.45, 2.75) is 30.5 Å². The summed E-state index contributed by atoms with van der Waals surface area (Å²) in [6.45, 7) is 0.562. The summed E-state index contributed by atoms with van der Waals surface area (Å²) in [6.07, 6.45) is 1.25. The second-order valence-electron chi connectivity index (χ2n) is 7.82. The van der Waals surface area contributed by atoms with E-state index in [1.54, 1.807) is 17.0 Å². The average Bonchev–Trinajstić information content (AvgIpc) is 3.32. The Hall–Kier alpha value is -3.64. The fraction of sp³-hybridized carbons (Fsp3) is 0.273. The van der Waals surface area contributed by atoms with E-state index >= 15 is 0 Å². The first-order chi connectivity index (χ1) is 16.2. The molecule has 0 saturated carbocycles. The Kier molecular flexibility index (Phi) is 6.70. The lowest BCUT2D eigenvalue weighted by Crippen LogP contribution is -2.39. The van der Waals surface area contributed by atoms with Crippen LogP contribution >= 0.6 is 0 Å². The number of alkyl halides is 1. The molecule has 1 aliphatic rings. The number of carbonyl (C=O) groups is 2. The van der Waals surface area contributed by atoms with Gasteiger partial charge in [-0.15, -0.1) is 5.10 Å². The predicted octanol–water partition coefficient (Wildman–Crippen LogP) is 2.02. The molecule has 2 heterocycles. The van der Waals surface area contributed by atoms with Gasteiger partial charge in [0.25, 0.3) is 5.91 Å². The van der Waals surface area contributed by atoms with Gasteiger partial charge in [-0.1, -0.05) is 5.21 Å². The van der Waals surface area contributed by atoms with E-state index in [2.05, 4.69) is 15.0 Å². The zero-order valence-corrected chi connectivity index (χ0v) is 18.8. The lowest BCUT2D eigenvalue weighted by molar-refractivity contribution is 0.0664. The van der Waals surface area contributed by atoms with Crippen molar-refractivity contribution < 1.29 is 27.5 Å². The predicted molar refractivity (Wildman–Crippen MR) is 119 cm³/mol. The number of nitrogens with one attached hydrogen (secondary N) is 1. The number of amides is 1. The monoisotopic (exact) mass is 487 g/mol. The number of sulfonamides is 1. The molecule has 2 aromatic carbocycles. The molecule has 3 aromatic rings. The third-order valence-electron chi connectivity index (χ3n) is 5.49. The van der Waals surface area contributed by atoms with Crippen LogP contribution in [-0.4, -0.2) is 64.6 Å². The number of rotatable bonds is 7. The van der Waals surface area contributed by atoms with Gasteiger partial charge in [-0.3, -0.25) is 4.79 Å². The molecule has 1 amide bonds. The van der Waals surface area contributed by atoms with Crippen molar-refractivity contribution in [1.29, 1.82) is 0 Å². The molecule has 4 rings (SSSR count). The van der Waals surface area contributed by atoms with E-state index in [1.807, 2.05) is 0 Å². The molecule has 0 aliphatic carbocycles. The molecule has 0 bridgehead atoms. The van der Waals surface area contributed by atoms with Crippen LogP contribution in [-0.2, 0) is 16.6 Å². The average molecular weight is 488 g/mol. The molecule has 178 valence electrons. The second-order valence-corrected chi connectivity index (χ2v) is 9.59. The first kappa shape index (κ1) is 23.5. The van der Waals surface area contributed by atoms with E-state index in [4.69, 9.17) is 5.11 Å². The Labute approximate surface area is 195 Å². The van der Waals surface area contributed by atoms with Crippen LogP contribution in [0.15, 0.2) is 59.6 Å². The number of likely N-dealkylation sites (tertiary alicyclic amines) is 1. The topological polar surface area (TPSA) is 134 Å². The molecular weight excluding hydrogens is 465 g/mol. The highest BCUT2D eigenvalue weighted by molar-refractivity contribution is 7.89. The van der Waals surface area contributed by atoms with Gasteiger partial charge in [0.1, 0.15) is 6.17 Å². The number of benzene rings is 2. The molecule has 12 heteroatoms. The fourth-order valence-corrected chi connectivity index (χ4v) is 4.52. The Balaban J connectivity index is 1.38. The van der Waals surface area contributed by atoms with E-state index in [0.29, 0.717) is 42.9 Å². The third-order valence-corrected chi connectivity index (χ3v) is 6.90. The van der Waals surface area contributed by atoms with Crippen LogP contribution in [0.25, 0.3) is 5.69 Å². The first-order valence-electron chi connectivity index (χ1n) is 10.5. The highest BCUT2D eigenvalue weighted by Crippen LogP contribution is 2.18. The van der Waals surface area contributed by atoms with E-state index < -0.39 is 22.2 Å². The summed E-state index contributed by atoms with van der Waals surface area (Å²) in [5.41, 5.74) is 1.40. The van der Waals surface area contributed by atoms with Crippen LogP contribution in [0.1, 0.15) is 39.3 Å². The number of hydrogen-bond acceptors (Lipinski definition) is 6. The van der Waals surface area contributed by atoms with Crippen molar-refractivity contribution in [3.8, 4) is 5.69 Å². The van der Waals surface area contributed by atoms with Crippen LogP contribution in [0.5, 0.6) is 0 Å². The fourth-order valence-electron chi connectivity index (χ4n) is 3.52. The summed E-state index contributed by atoms with van der Waals surface area (Å²) in [5.74, 6) is -1.30. The van der Waals surface area contributed by atoms with E-state index in [1.165, 1.54) is 47.3 Å². The van der Waals surface area contributed by atoms with E-state index in [0.717, 1.165) is 0 Å². The summed E-state index contributed by atoms with van der Waals surface area (Å²) >= 11 is 0. The molecule has 0 atom stereocenters. The van der Waals surface area contributed by atoms with Gasteiger partial charge in [0, 0.05) is 18.7 Å². The number of halogens is 1. The van der Waals surface area contributed by atoms with Crippen LogP contribution in [0.4, 0.5) is 4.39 Å². The van der Waals surface area contributed by atoms with Crippen LogP contribution in [0.2, 0.25) is 0 Å². The second kappa shape index (κ2) is 9.69. The summed E-state index contributed by atoms with van der Waals surface area (Å²) in [5, 5.41) is 16.8. The molecule has 1 aromatic heterocycles. The minimum absolute atomic E-state index is 0.0110. The van der Waals surface area contributed by atoms with Crippen LogP contribution in [0.3, 0.4) is 0 Å². The molecule has 34 heavy (non-hydrogen) atoms. The number of hydrogen-bond donors (Lipinski definition) is 2. The quantitative estimate of drug-likeness (QED) is 0.521. The third kappa shape index (κ3) is 5.29. The van der Waals surface area contributed by atoms with Gasteiger partial charge in [-0.2, -0.15) is 0 Å². The Morgan fingerprint density at radius 2 is 1.65 bits per heavy atom.